The molecule has 0 spiro atoms. The molecule has 0 heterocycles. The number of halogens is 2. The molecule has 1 atom stereocenters. The fourth-order valence-electron chi connectivity index (χ4n) is 1.92. The number of hydrogen-bond acceptors (Lipinski definition) is 3. The number of nitrogens with zero attached hydrogens (tertiary/aromatic N) is 1. The lowest BCUT2D eigenvalue weighted by molar-refractivity contribution is -0.384. The van der Waals surface area contributed by atoms with Crippen molar-refractivity contribution in [1.82, 2.24) is 0 Å². The average Bonchev–Trinajstić information content (AvgIpc) is 2.42. The lowest BCUT2D eigenvalue weighted by Crippen LogP contribution is -2.14. The number of nitro groups is 1. The molecular formula is C14H12BrClN2O2. The summed E-state index contributed by atoms with van der Waals surface area (Å²) in [6.07, 6.45) is 0.580. The van der Waals surface area contributed by atoms with E-state index in [0.29, 0.717) is 11.4 Å². The summed E-state index contributed by atoms with van der Waals surface area (Å²) in [5.74, 6) is 0. The van der Waals surface area contributed by atoms with Crippen molar-refractivity contribution in [2.24, 2.45) is 5.73 Å². The Balaban J connectivity index is 2.16. The average molecular weight is 356 g/mol. The molecule has 0 aromatic heterocycles. The molecule has 6 heteroatoms. The normalized spacial score (nSPS) is 12.2. The summed E-state index contributed by atoms with van der Waals surface area (Å²) in [6, 6.07) is 11.6. The first kappa shape index (κ1) is 15.0. The van der Waals surface area contributed by atoms with Gasteiger partial charge < -0.3 is 5.73 Å². The minimum absolute atomic E-state index is 0.0752. The summed E-state index contributed by atoms with van der Waals surface area (Å²) in [7, 11) is 0. The zero-order valence-electron chi connectivity index (χ0n) is 10.4. The molecule has 0 bridgehead atoms. The highest BCUT2D eigenvalue weighted by Gasteiger charge is 2.12. The van der Waals surface area contributed by atoms with Crippen LogP contribution in [0.15, 0.2) is 46.9 Å². The van der Waals surface area contributed by atoms with Crippen molar-refractivity contribution in [1.29, 1.82) is 0 Å². The molecule has 0 aliphatic carbocycles. The minimum atomic E-state index is -0.419. The van der Waals surface area contributed by atoms with Crippen LogP contribution in [0.4, 0.5) is 5.69 Å². The van der Waals surface area contributed by atoms with E-state index >= 15 is 0 Å². The van der Waals surface area contributed by atoms with Crippen LogP contribution in [0.5, 0.6) is 0 Å². The molecule has 2 N–H and O–H groups in total. The molecule has 4 nitrogen and oxygen atoms in total. The van der Waals surface area contributed by atoms with E-state index in [1.165, 1.54) is 12.1 Å². The molecule has 0 amide bonds. The third-order valence-electron chi connectivity index (χ3n) is 2.96. The Bertz CT molecular complexity index is 632. The zero-order valence-corrected chi connectivity index (χ0v) is 12.8. The topological polar surface area (TPSA) is 69.2 Å². The summed E-state index contributed by atoms with van der Waals surface area (Å²) in [4.78, 5) is 10.2. The van der Waals surface area contributed by atoms with Gasteiger partial charge in [0.25, 0.3) is 5.69 Å². The molecular weight excluding hydrogens is 344 g/mol. The van der Waals surface area contributed by atoms with Gasteiger partial charge in [-0.15, -0.1) is 0 Å². The van der Waals surface area contributed by atoms with Crippen molar-refractivity contribution in [3.8, 4) is 0 Å². The Morgan fingerprint density at radius 3 is 2.50 bits per heavy atom. The standard InChI is InChI=1S/C14H12BrClN2O2/c15-13-6-3-10(16)8-12(13)14(17)7-9-1-4-11(5-2-9)18(19)20/h1-6,8,14H,7,17H2. The van der Waals surface area contributed by atoms with Crippen molar-refractivity contribution in [2.45, 2.75) is 12.5 Å². The highest BCUT2D eigenvalue weighted by atomic mass is 79.9. The molecule has 1 unspecified atom stereocenters. The molecule has 2 aromatic carbocycles. The summed E-state index contributed by atoms with van der Waals surface area (Å²) >= 11 is 9.42. The van der Waals surface area contributed by atoms with Crippen LogP contribution in [-0.4, -0.2) is 4.92 Å². The summed E-state index contributed by atoms with van der Waals surface area (Å²) < 4.78 is 0.899. The van der Waals surface area contributed by atoms with E-state index in [1.807, 2.05) is 12.1 Å². The summed E-state index contributed by atoms with van der Waals surface area (Å²) in [5, 5.41) is 11.2. The predicted octanol–water partition coefficient (Wildman–Crippen LogP) is 4.25. The van der Waals surface area contributed by atoms with Gasteiger partial charge in [0.15, 0.2) is 0 Å². The second-order valence-electron chi connectivity index (χ2n) is 4.40. The fraction of sp³-hybridized carbons (Fsp3) is 0.143. The smallest absolute Gasteiger partial charge is 0.269 e. The van der Waals surface area contributed by atoms with E-state index in [0.717, 1.165) is 15.6 Å². The number of hydrogen-bond donors (Lipinski definition) is 1. The molecule has 20 heavy (non-hydrogen) atoms. The van der Waals surface area contributed by atoms with Crippen LogP contribution in [0.2, 0.25) is 5.02 Å². The van der Waals surface area contributed by atoms with E-state index in [-0.39, 0.29) is 11.7 Å². The summed E-state index contributed by atoms with van der Waals surface area (Å²) in [5.41, 5.74) is 8.10. The Morgan fingerprint density at radius 1 is 1.25 bits per heavy atom. The number of rotatable bonds is 4. The lowest BCUT2D eigenvalue weighted by Gasteiger charge is -2.14. The van der Waals surface area contributed by atoms with E-state index in [2.05, 4.69) is 15.9 Å². The molecule has 0 radical (unpaired) electrons. The van der Waals surface area contributed by atoms with Gasteiger partial charge in [0.05, 0.1) is 4.92 Å². The van der Waals surface area contributed by atoms with E-state index < -0.39 is 4.92 Å². The van der Waals surface area contributed by atoms with Gasteiger partial charge >= 0.3 is 0 Å². The molecule has 2 aromatic rings. The number of benzene rings is 2. The molecule has 0 fully saturated rings. The SMILES string of the molecule is NC(Cc1ccc([N+](=O)[O-])cc1)c1cc(Cl)ccc1Br. The van der Waals surface area contributed by atoms with E-state index in [1.54, 1.807) is 18.2 Å². The van der Waals surface area contributed by atoms with E-state index in [4.69, 9.17) is 17.3 Å². The maximum absolute atomic E-state index is 10.6. The predicted molar refractivity (Wildman–Crippen MR) is 82.9 cm³/mol. The number of nitro benzene ring substituents is 1. The summed E-state index contributed by atoms with van der Waals surface area (Å²) in [6.45, 7) is 0. The van der Waals surface area contributed by atoms with Crippen molar-refractivity contribution in [3.63, 3.8) is 0 Å². The molecule has 0 saturated heterocycles. The zero-order chi connectivity index (χ0) is 14.7. The van der Waals surface area contributed by atoms with Crippen LogP contribution < -0.4 is 5.73 Å². The van der Waals surface area contributed by atoms with Gasteiger partial charge in [0.2, 0.25) is 0 Å². The third-order valence-corrected chi connectivity index (χ3v) is 3.92. The first-order valence-corrected chi connectivity index (χ1v) is 7.08. The van der Waals surface area contributed by atoms with E-state index in [9.17, 15) is 10.1 Å². The van der Waals surface area contributed by atoms with Crippen LogP contribution in [0, 0.1) is 10.1 Å². The van der Waals surface area contributed by atoms with Crippen LogP contribution in [0.1, 0.15) is 17.2 Å². The van der Waals surface area contributed by atoms with Crippen molar-refractivity contribution >= 4 is 33.2 Å². The Labute approximate surface area is 129 Å². The van der Waals surface area contributed by atoms with Gasteiger partial charge in [-0.05, 0) is 35.7 Å². The third kappa shape index (κ3) is 3.56. The maximum Gasteiger partial charge on any atom is 0.269 e. The number of non-ortho nitro benzene ring substituents is 1. The van der Waals surface area contributed by atoms with Gasteiger partial charge in [0, 0.05) is 27.7 Å². The van der Waals surface area contributed by atoms with Crippen LogP contribution in [0.25, 0.3) is 0 Å². The second-order valence-corrected chi connectivity index (χ2v) is 5.69. The monoisotopic (exact) mass is 354 g/mol. The fourth-order valence-corrected chi connectivity index (χ4v) is 2.64. The van der Waals surface area contributed by atoms with Crippen molar-refractivity contribution in [2.75, 3.05) is 0 Å². The highest BCUT2D eigenvalue weighted by Crippen LogP contribution is 2.27. The van der Waals surface area contributed by atoms with Gasteiger partial charge in [-0.1, -0.05) is 39.7 Å². The maximum atomic E-state index is 10.6. The highest BCUT2D eigenvalue weighted by molar-refractivity contribution is 9.10. The van der Waals surface area contributed by atoms with Crippen molar-refractivity contribution < 1.29 is 4.92 Å². The van der Waals surface area contributed by atoms with Crippen LogP contribution in [-0.2, 0) is 6.42 Å². The van der Waals surface area contributed by atoms with Gasteiger partial charge in [-0.25, -0.2) is 0 Å². The molecule has 104 valence electrons. The first-order valence-electron chi connectivity index (χ1n) is 5.91. The minimum Gasteiger partial charge on any atom is -0.324 e. The van der Waals surface area contributed by atoms with Gasteiger partial charge in [-0.3, -0.25) is 10.1 Å². The van der Waals surface area contributed by atoms with Crippen molar-refractivity contribution in [3.05, 3.63) is 73.2 Å². The molecule has 0 aliphatic rings. The van der Waals surface area contributed by atoms with Gasteiger partial charge in [0.1, 0.15) is 0 Å². The lowest BCUT2D eigenvalue weighted by atomic mass is 9.99. The largest absolute Gasteiger partial charge is 0.324 e. The molecule has 0 aliphatic heterocycles. The first-order chi connectivity index (χ1) is 9.47. The Kier molecular flexibility index (Phi) is 4.75. The Morgan fingerprint density at radius 2 is 1.90 bits per heavy atom. The second kappa shape index (κ2) is 6.35. The van der Waals surface area contributed by atoms with Crippen LogP contribution in [0.3, 0.4) is 0 Å². The molecule has 0 saturated carbocycles. The quantitative estimate of drug-likeness (QED) is 0.658. The van der Waals surface area contributed by atoms with Crippen LogP contribution >= 0.6 is 27.5 Å². The Hall–Kier alpha value is -1.43. The van der Waals surface area contributed by atoms with Gasteiger partial charge in [-0.2, -0.15) is 0 Å². The number of nitrogens with two attached hydrogens (primary N) is 1. The molecule has 2 rings (SSSR count).